The van der Waals surface area contributed by atoms with Gasteiger partial charge in [0.15, 0.2) is 5.96 Å². The molecular formula is C31H43N7O2. The zero-order valence-corrected chi connectivity index (χ0v) is 24.0. The number of rotatable bonds is 16. The minimum Gasteiger partial charge on any atom is -0.494 e. The molecule has 0 radical (unpaired) electrons. The summed E-state index contributed by atoms with van der Waals surface area (Å²) in [4.78, 5) is 21.2. The summed E-state index contributed by atoms with van der Waals surface area (Å²) in [5, 5.41) is 6.52. The van der Waals surface area contributed by atoms with Gasteiger partial charge < -0.3 is 26.8 Å². The summed E-state index contributed by atoms with van der Waals surface area (Å²) >= 11 is 0. The molecule has 214 valence electrons. The molecule has 0 bridgehead atoms. The lowest BCUT2D eigenvalue weighted by Crippen LogP contribution is -2.23. The highest BCUT2D eigenvalue weighted by Gasteiger charge is 2.09. The van der Waals surface area contributed by atoms with E-state index < -0.39 is 0 Å². The molecule has 0 saturated heterocycles. The van der Waals surface area contributed by atoms with Crippen LogP contribution in [0.1, 0.15) is 55.0 Å². The van der Waals surface area contributed by atoms with Crippen LogP contribution in [0.2, 0.25) is 0 Å². The molecule has 0 unspecified atom stereocenters. The maximum Gasteiger partial charge on any atom is 0.352 e. The number of hydrogen-bond donors (Lipinski definition) is 4. The molecule has 3 rings (SSSR count). The third-order valence-electron chi connectivity index (χ3n) is 6.40. The van der Waals surface area contributed by atoms with Gasteiger partial charge in [0.1, 0.15) is 5.75 Å². The van der Waals surface area contributed by atoms with Crippen molar-refractivity contribution in [3.05, 3.63) is 87.6 Å². The van der Waals surface area contributed by atoms with E-state index in [0.717, 1.165) is 73.4 Å². The Morgan fingerprint density at radius 1 is 1.12 bits per heavy atom. The van der Waals surface area contributed by atoms with Crippen molar-refractivity contribution in [2.75, 3.05) is 33.3 Å². The first-order valence-electron chi connectivity index (χ1n) is 14.0. The molecule has 3 aromatic rings. The minimum atomic E-state index is -0.297. The third kappa shape index (κ3) is 9.66. The molecule has 0 amide bonds. The summed E-state index contributed by atoms with van der Waals surface area (Å²) in [7, 11) is 1.94. The lowest BCUT2D eigenvalue weighted by atomic mass is 9.98. The number of allylic oxidation sites excluding steroid dienone is 1. The number of nitrogens with one attached hydrogen (secondary N) is 2. The summed E-state index contributed by atoms with van der Waals surface area (Å²) < 4.78 is 7.57. The van der Waals surface area contributed by atoms with E-state index >= 15 is 0 Å². The Bertz CT molecular complexity index is 1330. The number of aryl methyl sites for hydroxylation is 1. The molecule has 9 nitrogen and oxygen atoms in total. The van der Waals surface area contributed by atoms with Crippen LogP contribution in [0.3, 0.4) is 0 Å². The predicted octanol–water partition coefficient (Wildman–Crippen LogP) is 3.62. The van der Waals surface area contributed by atoms with Gasteiger partial charge in [-0.05, 0) is 93.4 Å². The van der Waals surface area contributed by atoms with Gasteiger partial charge >= 0.3 is 5.69 Å². The van der Waals surface area contributed by atoms with Crippen LogP contribution in [-0.2, 0) is 6.54 Å². The summed E-state index contributed by atoms with van der Waals surface area (Å²) in [5.74, 6) is 0.977. The average molecular weight is 546 g/mol. The third-order valence-corrected chi connectivity index (χ3v) is 6.40. The van der Waals surface area contributed by atoms with Crippen LogP contribution in [0.25, 0.3) is 17.3 Å². The fourth-order valence-corrected chi connectivity index (χ4v) is 4.28. The minimum absolute atomic E-state index is 0.117. The van der Waals surface area contributed by atoms with Crippen molar-refractivity contribution < 1.29 is 4.74 Å². The number of hydrogen-bond acceptors (Lipinski definition) is 6. The number of ether oxygens (including phenoxy) is 1. The van der Waals surface area contributed by atoms with E-state index in [1.165, 1.54) is 5.57 Å². The van der Waals surface area contributed by atoms with Gasteiger partial charge in [0, 0.05) is 24.8 Å². The van der Waals surface area contributed by atoms with Gasteiger partial charge in [0.25, 0.3) is 0 Å². The largest absolute Gasteiger partial charge is 0.494 e. The molecule has 9 heteroatoms. The SMILES string of the molecule is CCC/C(=C\c1cn(-c2ccc(CNCCCN=C(N)N)cc2)c(=O)nc1C)c1cccc(OCCCNC)c1. The number of aromatic nitrogens is 2. The lowest BCUT2D eigenvalue weighted by molar-refractivity contribution is 0.310. The van der Waals surface area contributed by atoms with Crippen molar-refractivity contribution in [1.82, 2.24) is 20.2 Å². The molecule has 0 fully saturated rings. The predicted molar refractivity (Wildman–Crippen MR) is 165 cm³/mol. The Morgan fingerprint density at radius 2 is 1.93 bits per heavy atom. The highest BCUT2D eigenvalue weighted by Crippen LogP contribution is 2.27. The summed E-state index contributed by atoms with van der Waals surface area (Å²) in [6, 6.07) is 16.1. The maximum absolute atomic E-state index is 12.8. The van der Waals surface area contributed by atoms with Gasteiger partial charge in [-0.1, -0.05) is 37.6 Å². The van der Waals surface area contributed by atoms with Crippen molar-refractivity contribution in [2.24, 2.45) is 16.5 Å². The lowest BCUT2D eigenvalue weighted by Gasteiger charge is -2.13. The molecular weight excluding hydrogens is 502 g/mol. The van der Waals surface area contributed by atoms with Gasteiger partial charge in [-0.25, -0.2) is 4.79 Å². The van der Waals surface area contributed by atoms with E-state index in [4.69, 9.17) is 16.2 Å². The van der Waals surface area contributed by atoms with E-state index in [9.17, 15) is 4.79 Å². The van der Waals surface area contributed by atoms with Crippen LogP contribution in [0, 0.1) is 6.92 Å². The van der Waals surface area contributed by atoms with Crippen molar-refractivity contribution >= 4 is 17.6 Å². The van der Waals surface area contributed by atoms with Crippen LogP contribution in [0.15, 0.2) is 64.5 Å². The quantitative estimate of drug-likeness (QED) is 0.123. The number of nitrogens with zero attached hydrogens (tertiary/aromatic N) is 3. The fraction of sp³-hybridized carbons (Fsp3) is 0.387. The van der Waals surface area contributed by atoms with Crippen molar-refractivity contribution in [3.63, 3.8) is 0 Å². The van der Waals surface area contributed by atoms with Gasteiger partial charge in [0.05, 0.1) is 18.0 Å². The molecule has 0 atom stereocenters. The van der Waals surface area contributed by atoms with E-state index in [0.29, 0.717) is 18.8 Å². The van der Waals surface area contributed by atoms with Crippen LogP contribution < -0.4 is 32.5 Å². The number of aliphatic imine (C=N–C) groups is 1. The maximum atomic E-state index is 12.8. The van der Waals surface area contributed by atoms with Crippen molar-refractivity contribution in [3.8, 4) is 11.4 Å². The molecule has 6 N–H and O–H groups in total. The molecule has 1 aromatic heterocycles. The molecule has 40 heavy (non-hydrogen) atoms. The van der Waals surface area contributed by atoms with Crippen LogP contribution in [0.5, 0.6) is 5.75 Å². The molecule has 1 heterocycles. The topological polar surface area (TPSA) is 133 Å². The average Bonchev–Trinajstić information content (AvgIpc) is 2.94. The first-order valence-corrected chi connectivity index (χ1v) is 14.0. The van der Waals surface area contributed by atoms with Crippen LogP contribution in [-0.4, -0.2) is 48.8 Å². The van der Waals surface area contributed by atoms with E-state index in [2.05, 4.69) is 45.7 Å². The standard InChI is InChI=1S/C31H43N7O2/c1-4-8-25(26-9-5-10-29(20-26)40-18-7-15-34-3)19-27-22-38(31(39)37-23(27)2)28-13-11-24(12-14-28)21-35-16-6-17-36-30(32)33/h5,9-14,19-20,22,34-35H,4,6-8,15-18,21H2,1-3H3,(H4,32,33,36)/b25-19+. The Kier molecular flexibility index (Phi) is 12.4. The highest BCUT2D eigenvalue weighted by atomic mass is 16.5. The van der Waals surface area contributed by atoms with Crippen LogP contribution >= 0.6 is 0 Å². The normalized spacial score (nSPS) is 11.4. The first kappa shape index (κ1) is 30.6. The number of guanidine groups is 1. The Balaban J connectivity index is 1.77. The first-order chi connectivity index (χ1) is 19.4. The number of nitrogens with two attached hydrogens (primary N) is 2. The second kappa shape index (κ2) is 16.2. The second-order valence-electron chi connectivity index (χ2n) is 9.69. The number of benzene rings is 2. The molecule has 0 aliphatic rings. The van der Waals surface area contributed by atoms with E-state index in [1.54, 1.807) is 4.57 Å². The Hall–Kier alpha value is -3.95. The summed E-state index contributed by atoms with van der Waals surface area (Å²) in [6.07, 6.45) is 7.72. The fourth-order valence-electron chi connectivity index (χ4n) is 4.28. The zero-order chi connectivity index (χ0) is 28.7. The second-order valence-corrected chi connectivity index (χ2v) is 9.69. The van der Waals surface area contributed by atoms with Crippen molar-refractivity contribution in [1.29, 1.82) is 0 Å². The molecule has 2 aromatic carbocycles. The van der Waals surface area contributed by atoms with Gasteiger partial charge in [-0.3, -0.25) is 9.56 Å². The van der Waals surface area contributed by atoms with Gasteiger partial charge in [-0.2, -0.15) is 4.98 Å². The van der Waals surface area contributed by atoms with E-state index in [1.807, 2.05) is 56.6 Å². The van der Waals surface area contributed by atoms with Gasteiger partial charge in [-0.15, -0.1) is 0 Å². The highest BCUT2D eigenvalue weighted by molar-refractivity contribution is 5.82. The molecule has 0 saturated carbocycles. The van der Waals surface area contributed by atoms with Crippen molar-refractivity contribution in [2.45, 2.75) is 46.1 Å². The monoisotopic (exact) mass is 545 g/mol. The Morgan fingerprint density at radius 3 is 2.65 bits per heavy atom. The van der Waals surface area contributed by atoms with Crippen LogP contribution in [0.4, 0.5) is 0 Å². The Labute approximate surface area is 237 Å². The molecule has 0 spiro atoms. The summed E-state index contributed by atoms with van der Waals surface area (Å²) in [6.45, 7) is 7.76. The summed E-state index contributed by atoms with van der Waals surface area (Å²) in [5.41, 5.74) is 16.2. The van der Waals surface area contributed by atoms with E-state index in [-0.39, 0.29) is 11.6 Å². The van der Waals surface area contributed by atoms with Gasteiger partial charge in [0.2, 0.25) is 0 Å². The molecule has 0 aliphatic carbocycles. The molecule has 0 aliphatic heterocycles. The smallest absolute Gasteiger partial charge is 0.352 e. The zero-order valence-electron chi connectivity index (χ0n) is 24.0.